The standard InChI is InChI=1S/C17H30ClN3/c1-5-9-19-16(14-8-6-7-12(2)10-14)11-15-13(3)20-21(4)17(15)18/h12,14,16,19H,5-11H2,1-4H3. The number of aromatic nitrogens is 2. The third kappa shape index (κ3) is 4.23. The fraction of sp³-hybridized carbons (Fsp3) is 0.824. The summed E-state index contributed by atoms with van der Waals surface area (Å²) in [6.07, 6.45) is 7.65. The maximum atomic E-state index is 6.43. The van der Waals surface area contributed by atoms with Crippen LogP contribution in [0.3, 0.4) is 0 Å². The molecule has 1 aliphatic carbocycles. The van der Waals surface area contributed by atoms with Crippen LogP contribution in [0.2, 0.25) is 5.15 Å². The van der Waals surface area contributed by atoms with Crippen LogP contribution < -0.4 is 5.32 Å². The van der Waals surface area contributed by atoms with Crippen molar-refractivity contribution in [2.24, 2.45) is 18.9 Å². The second kappa shape index (κ2) is 7.64. The Morgan fingerprint density at radius 3 is 2.76 bits per heavy atom. The Morgan fingerprint density at radius 1 is 1.43 bits per heavy atom. The minimum atomic E-state index is 0.535. The van der Waals surface area contributed by atoms with Crippen molar-refractivity contribution in [3.63, 3.8) is 0 Å². The van der Waals surface area contributed by atoms with Gasteiger partial charge < -0.3 is 5.32 Å². The molecule has 1 heterocycles. The highest BCUT2D eigenvalue weighted by atomic mass is 35.5. The molecule has 2 rings (SSSR count). The first-order valence-electron chi connectivity index (χ1n) is 8.44. The number of hydrogen-bond acceptors (Lipinski definition) is 2. The molecule has 0 saturated heterocycles. The van der Waals surface area contributed by atoms with Gasteiger partial charge in [-0.1, -0.05) is 38.3 Å². The third-order valence-electron chi connectivity index (χ3n) is 4.90. The summed E-state index contributed by atoms with van der Waals surface area (Å²) in [7, 11) is 1.93. The van der Waals surface area contributed by atoms with E-state index in [9.17, 15) is 0 Å². The molecule has 0 aliphatic heterocycles. The molecule has 4 heteroatoms. The Kier molecular flexibility index (Phi) is 6.12. The quantitative estimate of drug-likeness (QED) is 0.856. The number of nitrogens with one attached hydrogen (secondary N) is 1. The van der Waals surface area contributed by atoms with Crippen molar-refractivity contribution < 1.29 is 0 Å². The van der Waals surface area contributed by atoms with Gasteiger partial charge in [-0.25, -0.2) is 0 Å². The molecule has 120 valence electrons. The third-order valence-corrected chi connectivity index (χ3v) is 5.37. The first-order chi connectivity index (χ1) is 10.0. The zero-order valence-electron chi connectivity index (χ0n) is 14.0. The molecule has 3 nitrogen and oxygen atoms in total. The van der Waals surface area contributed by atoms with Gasteiger partial charge in [-0.15, -0.1) is 0 Å². The Hall–Kier alpha value is -0.540. The molecule has 1 N–H and O–H groups in total. The number of halogens is 1. The van der Waals surface area contributed by atoms with E-state index in [1.807, 2.05) is 7.05 Å². The molecule has 1 saturated carbocycles. The van der Waals surface area contributed by atoms with E-state index < -0.39 is 0 Å². The number of rotatable bonds is 6. The van der Waals surface area contributed by atoms with Crippen molar-refractivity contribution in [3.8, 4) is 0 Å². The van der Waals surface area contributed by atoms with E-state index in [1.54, 1.807) is 4.68 Å². The number of aryl methyl sites for hydroxylation is 2. The molecule has 3 atom stereocenters. The van der Waals surface area contributed by atoms with Gasteiger partial charge in [0.15, 0.2) is 0 Å². The molecule has 1 aromatic heterocycles. The van der Waals surface area contributed by atoms with Crippen LogP contribution in [0.1, 0.15) is 57.2 Å². The summed E-state index contributed by atoms with van der Waals surface area (Å²) in [6, 6.07) is 0.535. The lowest BCUT2D eigenvalue weighted by molar-refractivity contribution is 0.221. The Labute approximate surface area is 134 Å². The van der Waals surface area contributed by atoms with Crippen LogP contribution in [0.15, 0.2) is 0 Å². The number of hydrogen-bond donors (Lipinski definition) is 1. The van der Waals surface area contributed by atoms with Gasteiger partial charge in [-0.3, -0.25) is 4.68 Å². The number of nitrogens with zero attached hydrogens (tertiary/aromatic N) is 2. The van der Waals surface area contributed by atoms with Crippen LogP contribution in [0.25, 0.3) is 0 Å². The fourth-order valence-electron chi connectivity index (χ4n) is 3.71. The lowest BCUT2D eigenvalue weighted by atomic mass is 9.77. The van der Waals surface area contributed by atoms with E-state index in [4.69, 9.17) is 11.6 Å². The van der Waals surface area contributed by atoms with E-state index >= 15 is 0 Å². The topological polar surface area (TPSA) is 29.9 Å². The van der Waals surface area contributed by atoms with Crippen molar-refractivity contribution in [1.82, 2.24) is 15.1 Å². The minimum Gasteiger partial charge on any atom is -0.313 e. The second-order valence-electron chi connectivity index (χ2n) is 6.77. The van der Waals surface area contributed by atoms with Crippen LogP contribution >= 0.6 is 11.6 Å². The van der Waals surface area contributed by atoms with E-state index in [-0.39, 0.29) is 0 Å². The molecule has 1 aromatic rings. The van der Waals surface area contributed by atoms with Gasteiger partial charge in [0.2, 0.25) is 0 Å². The lowest BCUT2D eigenvalue weighted by Crippen LogP contribution is -2.40. The van der Waals surface area contributed by atoms with Gasteiger partial charge in [0.05, 0.1) is 5.69 Å². The van der Waals surface area contributed by atoms with Crippen LogP contribution in [-0.2, 0) is 13.5 Å². The Morgan fingerprint density at radius 2 is 2.19 bits per heavy atom. The van der Waals surface area contributed by atoms with E-state index in [0.29, 0.717) is 6.04 Å². The first-order valence-corrected chi connectivity index (χ1v) is 8.82. The average Bonchev–Trinajstić information content (AvgIpc) is 2.69. The smallest absolute Gasteiger partial charge is 0.130 e. The summed E-state index contributed by atoms with van der Waals surface area (Å²) < 4.78 is 1.80. The monoisotopic (exact) mass is 311 g/mol. The summed E-state index contributed by atoms with van der Waals surface area (Å²) in [5.41, 5.74) is 2.31. The Balaban J connectivity index is 2.11. The van der Waals surface area contributed by atoms with Crippen molar-refractivity contribution in [2.75, 3.05) is 6.54 Å². The average molecular weight is 312 g/mol. The summed E-state index contributed by atoms with van der Waals surface area (Å²) >= 11 is 6.43. The van der Waals surface area contributed by atoms with Gasteiger partial charge in [-0.2, -0.15) is 5.10 Å². The molecule has 0 spiro atoms. The molecule has 21 heavy (non-hydrogen) atoms. The van der Waals surface area contributed by atoms with Gasteiger partial charge >= 0.3 is 0 Å². The molecule has 1 fully saturated rings. The van der Waals surface area contributed by atoms with Gasteiger partial charge in [0, 0.05) is 18.7 Å². The normalized spacial score (nSPS) is 24.2. The second-order valence-corrected chi connectivity index (χ2v) is 7.13. The maximum absolute atomic E-state index is 6.43. The van der Waals surface area contributed by atoms with E-state index in [0.717, 1.165) is 35.6 Å². The Bertz CT molecular complexity index is 455. The summed E-state index contributed by atoms with van der Waals surface area (Å²) in [5, 5.41) is 9.04. The largest absolute Gasteiger partial charge is 0.313 e. The molecule has 0 radical (unpaired) electrons. The van der Waals surface area contributed by atoms with Gasteiger partial charge in [-0.05, 0) is 51.0 Å². The zero-order chi connectivity index (χ0) is 15.4. The van der Waals surface area contributed by atoms with Crippen molar-refractivity contribution in [1.29, 1.82) is 0 Å². The SMILES string of the molecule is CCCNC(Cc1c(C)nn(C)c1Cl)C1CCCC(C)C1. The summed E-state index contributed by atoms with van der Waals surface area (Å²) in [5.74, 6) is 1.64. The van der Waals surface area contributed by atoms with Crippen molar-refractivity contribution >= 4 is 11.6 Å². The molecule has 0 bridgehead atoms. The van der Waals surface area contributed by atoms with Crippen LogP contribution in [0.4, 0.5) is 0 Å². The van der Waals surface area contributed by atoms with Crippen LogP contribution in [-0.4, -0.2) is 22.4 Å². The highest BCUT2D eigenvalue weighted by Gasteiger charge is 2.28. The zero-order valence-corrected chi connectivity index (χ0v) is 14.7. The van der Waals surface area contributed by atoms with Gasteiger partial charge in [0.25, 0.3) is 0 Å². The fourth-order valence-corrected chi connectivity index (χ4v) is 3.96. The van der Waals surface area contributed by atoms with Crippen molar-refractivity contribution in [3.05, 3.63) is 16.4 Å². The molecule has 3 unspecified atom stereocenters. The molecular weight excluding hydrogens is 282 g/mol. The first kappa shape index (κ1) is 16.8. The van der Waals surface area contributed by atoms with Crippen LogP contribution in [0, 0.1) is 18.8 Å². The van der Waals surface area contributed by atoms with Crippen LogP contribution in [0.5, 0.6) is 0 Å². The highest BCUT2D eigenvalue weighted by Crippen LogP contribution is 2.33. The molecule has 0 aromatic carbocycles. The lowest BCUT2D eigenvalue weighted by Gasteiger charge is -2.34. The van der Waals surface area contributed by atoms with Gasteiger partial charge in [0.1, 0.15) is 5.15 Å². The van der Waals surface area contributed by atoms with E-state index in [2.05, 4.69) is 31.2 Å². The predicted molar refractivity (Wildman–Crippen MR) is 89.9 cm³/mol. The molecule has 1 aliphatic rings. The van der Waals surface area contributed by atoms with E-state index in [1.165, 1.54) is 37.7 Å². The predicted octanol–water partition coefficient (Wildman–Crippen LogP) is 4.12. The maximum Gasteiger partial charge on any atom is 0.130 e. The highest BCUT2D eigenvalue weighted by molar-refractivity contribution is 6.30. The van der Waals surface area contributed by atoms with Crippen molar-refractivity contribution in [2.45, 2.75) is 65.3 Å². The molecule has 0 amide bonds. The summed E-state index contributed by atoms with van der Waals surface area (Å²) in [4.78, 5) is 0. The molecular formula is C17H30ClN3. The minimum absolute atomic E-state index is 0.535. The summed E-state index contributed by atoms with van der Waals surface area (Å²) in [6.45, 7) is 7.79.